The standard InChI is InChI=1S/C15H16N4OS2/c1-11-13(22-15(18-11)12-4-2-9-21-12)14(20)17-5-3-7-19-8-6-16-10-19/h2,4,6,8-10H,3,5,7H2,1H3,(H,17,20). The second-order valence-electron chi connectivity index (χ2n) is 4.82. The van der Waals surface area contributed by atoms with Gasteiger partial charge in [0.25, 0.3) is 5.91 Å². The highest BCUT2D eigenvalue weighted by atomic mass is 32.1. The second kappa shape index (κ2) is 6.85. The van der Waals surface area contributed by atoms with Crippen LogP contribution in [0, 0.1) is 6.92 Å². The van der Waals surface area contributed by atoms with Crippen LogP contribution in [0.4, 0.5) is 0 Å². The normalized spacial score (nSPS) is 10.8. The fourth-order valence-corrected chi connectivity index (χ4v) is 3.86. The molecule has 5 nitrogen and oxygen atoms in total. The fraction of sp³-hybridized carbons (Fsp3) is 0.267. The molecular formula is C15H16N4OS2. The van der Waals surface area contributed by atoms with Gasteiger partial charge < -0.3 is 9.88 Å². The van der Waals surface area contributed by atoms with Crippen LogP contribution in [0.25, 0.3) is 9.88 Å². The lowest BCUT2D eigenvalue weighted by molar-refractivity contribution is 0.0956. The molecule has 0 unspecified atom stereocenters. The number of thiophene rings is 1. The first kappa shape index (κ1) is 14.9. The summed E-state index contributed by atoms with van der Waals surface area (Å²) < 4.78 is 2.00. The molecule has 3 aromatic heterocycles. The van der Waals surface area contributed by atoms with Crippen LogP contribution >= 0.6 is 22.7 Å². The number of amides is 1. The molecular weight excluding hydrogens is 316 g/mol. The summed E-state index contributed by atoms with van der Waals surface area (Å²) in [6.45, 7) is 3.37. The fourth-order valence-electron chi connectivity index (χ4n) is 2.08. The summed E-state index contributed by atoms with van der Waals surface area (Å²) >= 11 is 3.09. The van der Waals surface area contributed by atoms with Crippen LogP contribution in [0.3, 0.4) is 0 Å². The summed E-state index contributed by atoms with van der Waals surface area (Å²) in [5.41, 5.74) is 0.792. The Bertz CT molecular complexity index is 732. The van der Waals surface area contributed by atoms with E-state index < -0.39 is 0 Å². The number of nitrogens with one attached hydrogen (secondary N) is 1. The molecule has 3 heterocycles. The van der Waals surface area contributed by atoms with Crippen molar-refractivity contribution in [3.8, 4) is 9.88 Å². The molecule has 3 rings (SSSR count). The van der Waals surface area contributed by atoms with Crippen LogP contribution in [0.15, 0.2) is 36.2 Å². The highest BCUT2D eigenvalue weighted by Crippen LogP contribution is 2.30. The number of rotatable bonds is 6. The number of aromatic nitrogens is 3. The SMILES string of the molecule is Cc1nc(-c2cccs2)sc1C(=O)NCCCn1ccnc1. The van der Waals surface area contributed by atoms with Crippen LogP contribution in [0.5, 0.6) is 0 Å². The average molecular weight is 332 g/mol. The number of carbonyl (C=O) groups is 1. The van der Waals surface area contributed by atoms with Gasteiger partial charge in [-0.3, -0.25) is 4.79 Å². The third-order valence-corrected chi connectivity index (χ3v) is 5.37. The monoisotopic (exact) mass is 332 g/mol. The number of hydrogen-bond donors (Lipinski definition) is 1. The lowest BCUT2D eigenvalue weighted by Crippen LogP contribution is -2.25. The molecule has 1 amide bonds. The van der Waals surface area contributed by atoms with Gasteiger partial charge in [-0.05, 0) is 24.8 Å². The Morgan fingerprint density at radius 2 is 2.36 bits per heavy atom. The number of carbonyl (C=O) groups excluding carboxylic acids is 1. The Labute approximate surface area is 136 Å². The summed E-state index contributed by atoms with van der Waals surface area (Å²) in [5, 5.41) is 5.89. The van der Waals surface area contributed by atoms with Gasteiger partial charge in [-0.25, -0.2) is 9.97 Å². The van der Waals surface area contributed by atoms with E-state index in [0.29, 0.717) is 11.4 Å². The number of imidazole rings is 1. The lowest BCUT2D eigenvalue weighted by atomic mass is 10.3. The van der Waals surface area contributed by atoms with Crippen molar-refractivity contribution in [3.05, 3.63) is 46.8 Å². The minimum atomic E-state index is -0.0385. The zero-order valence-corrected chi connectivity index (χ0v) is 13.8. The van der Waals surface area contributed by atoms with E-state index in [1.165, 1.54) is 11.3 Å². The molecule has 0 spiro atoms. The van der Waals surface area contributed by atoms with Gasteiger partial charge in [-0.2, -0.15) is 0 Å². The molecule has 0 saturated heterocycles. The number of hydrogen-bond acceptors (Lipinski definition) is 5. The Balaban J connectivity index is 1.56. The molecule has 7 heteroatoms. The van der Waals surface area contributed by atoms with Crippen molar-refractivity contribution < 1.29 is 4.79 Å². The van der Waals surface area contributed by atoms with E-state index in [2.05, 4.69) is 15.3 Å². The molecule has 22 heavy (non-hydrogen) atoms. The molecule has 0 aliphatic heterocycles. The van der Waals surface area contributed by atoms with Gasteiger partial charge >= 0.3 is 0 Å². The maximum Gasteiger partial charge on any atom is 0.263 e. The summed E-state index contributed by atoms with van der Waals surface area (Å²) in [7, 11) is 0. The van der Waals surface area contributed by atoms with Gasteiger partial charge in [0.15, 0.2) is 0 Å². The first-order valence-electron chi connectivity index (χ1n) is 6.99. The quantitative estimate of drug-likeness (QED) is 0.705. The van der Waals surface area contributed by atoms with E-state index in [0.717, 1.165) is 28.5 Å². The number of thiazole rings is 1. The van der Waals surface area contributed by atoms with E-state index >= 15 is 0 Å². The molecule has 114 valence electrons. The van der Waals surface area contributed by atoms with E-state index in [-0.39, 0.29) is 5.91 Å². The molecule has 0 aromatic carbocycles. The number of aryl methyl sites for hydroxylation is 2. The smallest absolute Gasteiger partial charge is 0.263 e. The van der Waals surface area contributed by atoms with Gasteiger partial charge in [0.2, 0.25) is 0 Å². The van der Waals surface area contributed by atoms with E-state index in [1.807, 2.05) is 35.2 Å². The Kier molecular flexibility index (Phi) is 4.65. The van der Waals surface area contributed by atoms with Crippen molar-refractivity contribution in [2.75, 3.05) is 6.54 Å². The van der Waals surface area contributed by atoms with Crippen molar-refractivity contribution in [1.29, 1.82) is 0 Å². The molecule has 0 saturated carbocycles. The minimum Gasteiger partial charge on any atom is -0.351 e. The van der Waals surface area contributed by atoms with Gasteiger partial charge in [0, 0.05) is 25.5 Å². The highest BCUT2D eigenvalue weighted by Gasteiger charge is 2.16. The third-order valence-electron chi connectivity index (χ3n) is 3.17. The summed E-state index contributed by atoms with van der Waals surface area (Å²) in [5.74, 6) is -0.0385. The third kappa shape index (κ3) is 3.42. The van der Waals surface area contributed by atoms with E-state index in [1.54, 1.807) is 23.9 Å². The molecule has 0 aliphatic carbocycles. The van der Waals surface area contributed by atoms with Crippen molar-refractivity contribution >= 4 is 28.6 Å². The van der Waals surface area contributed by atoms with Crippen LogP contribution < -0.4 is 5.32 Å². The van der Waals surface area contributed by atoms with Gasteiger partial charge in [0.05, 0.1) is 16.9 Å². The average Bonchev–Trinajstić information content (AvgIpc) is 3.24. The Morgan fingerprint density at radius 1 is 1.45 bits per heavy atom. The van der Waals surface area contributed by atoms with Gasteiger partial charge in [0.1, 0.15) is 9.88 Å². The zero-order valence-electron chi connectivity index (χ0n) is 12.2. The molecule has 0 fully saturated rings. The van der Waals surface area contributed by atoms with Gasteiger partial charge in [-0.1, -0.05) is 6.07 Å². The van der Waals surface area contributed by atoms with Crippen LogP contribution in [-0.4, -0.2) is 27.0 Å². The maximum absolute atomic E-state index is 12.3. The topological polar surface area (TPSA) is 59.8 Å². The molecule has 1 N–H and O–H groups in total. The Morgan fingerprint density at radius 3 is 3.09 bits per heavy atom. The molecule has 0 aliphatic rings. The minimum absolute atomic E-state index is 0.0385. The van der Waals surface area contributed by atoms with Crippen molar-refractivity contribution in [2.45, 2.75) is 19.9 Å². The Hall–Kier alpha value is -1.99. The van der Waals surface area contributed by atoms with E-state index in [4.69, 9.17) is 0 Å². The summed E-state index contributed by atoms with van der Waals surface area (Å²) in [6, 6.07) is 4.02. The second-order valence-corrected chi connectivity index (χ2v) is 6.77. The molecule has 0 atom stereocenters. The van der Waals surface area contributed by atoms with Crippen molar-refractivity contribution in [2.24, 2.45) is 0 Å². The van der Waals surface area contributed by atoms with Crippen LogP contribution in [0.1, 0.15) is 21.8 Å². The first-order chi connectivity index (χ1) is 10.7. The number of nitrogens with zero attached hydrogens (tertiary/aromatic N) is 3. The van der Waals surface area contributed by atoms with Crippen LogP contribution in [-0.2, 0) is 6.54 Å². The lowest BCUT2D eigenvalue weighted by Gasteiger charge is -2.04. The van der Waals surface area contributed by atoms with Gasteiger partial charge in [-0.15, -0.1) is 22.7 Å². The highest BCUT2D eigenvalue weighted by molar-refractivity contribution is 7.22. The first-order valence-corrected chi connectivity index (χ1v) is 8.69. The van der Waals surface area contributed by atoms with E-state index in [9.17, 15) is 4.79 Å². The largest absolute Gasteiger partial charge is 0.351 e. The molecule has 0 bridgehead atoms. The summed E-state index contributed by atoms with van der Waals surface area (Å²) in [6.07, 6.45) is 6.33. The predicted octanol–water partition coefficient (Wildman–Crippen LogP) is 3.20. The zero-order chi connectivity index (χ0) is 15.4. The van der Waals surface area contributed by atoms with Crippen molar-refractivity contribution in [3.63, 3.8) is 0 Å². The summed E-state index contributed by atoms with van der Waals surface area (Å²) in [4.78, 5) is 22.5. The molecule has 3 aromatic rings. The maximum atomic E-state index is 12.3. The van der Waals surface area contributed by atoms with Crippen LogP contribution in [0.2, 0.25) is 0 Å². The predicted molar refractivity (Wildman–Crippen MR) is 89.3 cm³/mol. The van der Waals surface area contributed by atoms with Crippen molar-refractivity contribution in [1.82, 2.24) is 19.9 Å². The molecule has 0 radical (unpaired) electrons.